The van der Waals surface area contributed by atoms with E-state index in [1.54, 1.807) is 6.92 Å². The molecule has 1 fully saturated rings. The summed E-state index contributed by atoms with van der Waals surface area (Å²) in [6.07, 6.45) is 3.78. The Bertz CT molecular complexity index is 552. The fraction of sp³-hybridized carbons (Fsp3) is 0.385. The molecule has 0 aliphatic heterocycles. The van der Waals surface area contributed by atoms with E-state index in [2.05, 4.69) is 10.2 Å². The van der Waals surface area contributed by atoms with Gasteiger partial charge in [-0.05, 0) is 38.0 Å². The molecule has 0 bridgehead atoms. The number of hydrogen-bond acceptors (Lipinski definition) is 2. The van der Waals surface area contributed by atoms with Gasteiger partial charge in [0.05, 0.1) is 5.52 Å². The molecule has 0 atom stereocenters. The maximum absolute atomic E-state index is 11.3. The number of fused-ring (bicyclic) bond motifs is 1. The van der Waals surface area contributed by atoms with Crippen LogP contribution in [0, 0.1) is 0 Å². The van der Waals surface area contributed by atoms with Crippen molar-refractivity contribution in [2.75, 3.05) is 0 Å². The first-order valence-electron chi connectivity index (χ1n) is 5.74. The molecule has 1 aromatic carbocycles. The Morgan fingerprint density at radius 2 is 2.25 bits per heavy atom. The summed E-state index contributed by atoms with van der Waals surface area (Å²) in [5, 5.41) is 8.53. The number of aromatic nitrogens is 2. The first-order chi connectivity index (χ1) is 7.75. The van der Waals surface area contributed by atoms with Gasteiger partial charge in [0.1, 0.15) is 0 Å². The molecule has 1 aliphatic carbocycles. The van der Waals surface area contributed by atoms with Gasteiger partial charge in [-0.3, -0.25) is 9.89 Å². The van der Waals surface area contributed by atoms with Gasteiger partial charge in [0.25, 0.3) is 0 Å². The molecule has 3 rings (SSSR count). The zero-order valence-electron chi connectivity index (χ0n) is 9.29. The van der Waals surface area contributed by atoms with E-state index in [0.29, 0.717) is 5.92 Å². The molecule has 16 heavy (non-hydrogen) atoms. The van der Waals surface area contributed by atoms with Gasteiger partial charge in [0.15, 0.2) is 5.78 Å². The summed E-state index contributed by atoms with van der Waals surface area (Å²) in [5.74, 6) is 0.731. The van der Waals surface area contributed by atoms with Crippen molar-refractivity contribution in [2.24, 2.45) is 0 Å². The van der Waals surface area contributed by atoms with Crippen molar-refractivity contribution >= 4 is 16.7 Å². The van der Waals surface area contributed by atoms with Gasteiger partial charge in [-0.1, -0.05) is 6.42 Å². The van der Waals surface area contributed by atoms with Crippen LogP contribution in [0.25, 0.3) is 10.9 Å². The first-order valence-corrected chi connectivity index (χ1v) is 5.74. The number of hydrogen-bond donors (Lipinski definition) is 1. The van der Waals surface area contributed by atoms with Crippen LogP contribution >= 0.6 is 0 Å². The minimum absolute atomic E-state index is 0.114. The van der Waals surface area contributed by atoms with E-state index in [1.165, 1.54) is 25.0 Å². The topological polar surface area (TPSA) is 45.8 Å². The molecule has 1 N–H and O–H groups in total. The summed E-state index contributed by atoms with van der Waals surface area (Å²) in [6.45, 7) is 1.60. The monoisotopic (exact) mass is 214 g/mol. The zero-order valence-corrected chi connectivity index (χ0v) is 9.29. The lowest BCUT2D eigenvalue weighted by Crippen LogP contribution is -2.09. The summed E-state index contributed by atoms with van der Waals surface area (Å²) in [5.41, 5.74) is 2.95. The second-order valence-corrected chi connectivity index (χ2v) is 4.55. The third-order valence-electron chi connectivity index (χ3n) is 3.50. The lowest BCUT2D eigenvalue weighted by molar-refractivity contribution is 0.101. The van der Waals surface area contributed by atoms with Gasteiger partial charge < -0.3 is 0 Å². The highest BCUT2D eigenvalue weighted by Crippen LogP contribution is 2.38. The van der Waals surface area contributed by atoms with Crippen molar-refractivity contribution < 1.29 is 4.79 Å². The Labute approximate surface area is 93.9 Å². The van der Waals surface area contributed by atoms with Crippen LogP contribution in [0.4, 0.5) is 0 Å². The summed E-state index contributed by atoms with van der Waals surface area (Å²) < 4.78 is 0. The predicted octanol–water partition coefficient (Wildman–Crippen LogP) is 3.03. The smallest absolute Gasteiger partial charge is 0.159 e. The second-order valence-electron chi connectivity index (χ2n) is 4.55. The quantitative estimate of drug-likeness (QED) is 0.781. The summed E-state index contributed by atoms with van der Waals surface area (Å²) in [7, 11) is 0. The van der Waals surface area contributed by atoms with E-state index < -0.39 is 0 Å². The third kappa shape index (κ3) is 1.35. The van der Waals surface area contributed by atoms with E-state index in [-0.39, 0.29) is 5.78 Å². The Hall–Kier alpha value is -1.64. The summed E-state index contributed by atoms with van der Waals surface area (Å²) in [4.78, 5) is 11.3. The fourth-order valence-corrected chi connectivity index (χ4v) is 2.26. The average molecular weight is 214 g/mol. The fourth-order valence-electron chi connectivity index (χ4n) is 2.26. The molecule has 82 valence electrons. The van der Waals surface area contributed by atoms with Crippen LogP contribution in [0.2, 0.25) is 0 Å². The molecule has 0 saturated heterocycles. The van der Waals surface area contributed by atoms with Gasteiger partial charge in [0, 0.05) is 22.6 Å². The van der Waals surface area contributed by atoms with Gasteiger partial charge in [-0.25, -0.2) is 0 Å². The van der Waals surface area contributed by atoms with Crippen LogP contribution in [-0.2, 0) is 0 Å². The lowest BCUT2D eigenvalue weighted by atomic mass is 9.82. The first kappa shape index (κ1) is 9.58. The standard InChI is InChI=1S/C13H14N2O/c1-8(16)10-5-6-12-11(7-10)13(15-14-12)9-3-2-4-9/h5-7,9H,2-4H2,1H3,(H,14,15). The van der Waals surface area contributed by atoms with Crippen molar-refractivity contribution in [3.8, 4) is 0 Å². The molecule has 2 aromatic rings. The number of nitrogens with zero attached hydrogens (tertiary/aromatic N) is 1. The lowest BCUT2D eigenvalue weighted by Gasteiger charge is -2.24. The van der Waals surface area contributed by atoms with Crippen LogP contribution in [0.15, 0.2) is 18.2 Å². The molecule has 1 aliphatic rings. The van der Waals surface area contributed by atoms with E-state index in [9.17, 15) is 4.79 Å². The molecule has 0 unspecified atom stereocenters. The predicted molar refractivity (Wildman–Crippen MR) is 62.7 cm³/mol. The van der Waals surface area contributed by atoms with Crippen LogP contribution < -0.4 is 0 Å². The van der Waals surface area contributed by atoms with Crippen molar-refractivity contribution in [1.82, 2.24) is 10.2 Å². The van der Waals surface area contributed by atoms with Crippen molar-refractivity contribution in [3.05, 3.63) is 29.5 Å². The molecule has 3 nitrogen and oxygen atoms in total. The maximum atomic E-state index is 11.3. The normalized spacial score (nSPS) is 16.3. The molecule has 3 heteroatoms. The highest BCUT2D eigenvalue weighted by atomic mass is 16.1. The third-order valence-corrected chi connectivity index (χ3v) is 3.50. The van der Waals surface area contributed by atoms with Crippen molar-refractivity contribution in [3.63, 3.8) is 0 Å². The van der Waals surface area contributed by atoms with Crippen LogP contribution in [0.1, 0.15) is 48.2 Å². The number of rotatable bonds is 2. The molecule has 0 spiro atoms. The van der Waals surface area contributed by atoms with Gasteiger partial charge in [-0.15, -0.1) is 0 Å². The average Bonchev–Trinajstić information content (AvgIpc) is 2.59. The van der Waals surface area contributed by atoms with Gasteiger partial charge in [0.2, 0.25) is 0 Å². The summed E-state index contributed by atoms with van der Waals surface area (Å²) >= 11 is 0. The van der Waals surface area contributed by atoms with Crippen LogP contribution in [0.5, 0.6) is 0 Å². The number of carbonyl (C=O) groups excluding carboxylic acids is 1. The Morgan fingerprint density at radius 3 is 2.88 bits per heavy atom. The SMILES string of the molecule is CC(=O)c1ccc2n[nH]c(C3CCC3)c2c1. The number of H-pyrrole nitrogens is 1. The molecular weight excluding hydrogens is 200 g/mol. The number of ketones is 1. The highest BCUT2D eigenvalue weighted by Gasteiger charge is 2.23. The number of benzene rings is 1. The van der Waals surface area contributed by atoms with Crippen molar-refractivity contribution in [1.29, 1.82) is 0 Å². The van der Waals surface area contributed by atoms with Crippen LogP contribution in [0.3, 0.4) is 0 Å². The van der Waals surface area contributed by atoms with Crippen LogP contribution in [-0.4, -0.2) is 16.0 Å². The zero-order chi connectivity index (χ0) is 11.1. The molecule has 1 saturated carbocycles. The number of nitrogens with one attached hydrogen (secondary N) is 1. The van der Waals surface area contributed by atoms with Crippen molar-refractivity contribution in [2.45, 2.75) is 32.1 Å². The maximum Gasteiger partial charge on any atom is 0.159 e. The van der Waals surface area contributed by atoms with E-state index in [1.807, 2.05) is 18.2 Å². The Balaban J connectivity index is 2.15. The molecular formula is C13H14N2O. The van der Waals surface area contributed by atoms with Gasteiger partial charge in [-0.2, -0.15) is 5.10 Å². The Kier molecular flexibility index (Phi) is 2.06. The largest absolute Gasteiger partial charge is 0.295 e. The second kappa shape index (κ2) is 3.44. The minimum Gasteiger partial charge on any atom is -0.295 e. The molecule has 1 aromatic heterocycles. The summed E-state index contributed by atoms with van der Waals surface area (Å²) in [6, 6.07) is 5.73. The number of aromatic amines is 1. The van der Waals surface area contributed by atoms with E-state index >= 15 is 0 Å². The van der Waals surface area contributed by atoms with E-state index in [0.717, 1.165) is 16.5 Å². The van der Waals surface area contributed by atoms with Gasteiger partial charge >= 0.3 is 0 Å². The highest BCUT2D eigenvalue weighted by molar-refractivity contribution is 5.98. The molecule has 0 radical (unpaired) electrons. The van der Waals surface area contributed by atoms with E-state index in [4.69, 9.17) is 0 Å². The Morgan fingerprint density at radius 1 is 1.44 bits per heavy atom. The number of Topliss-reactive ketones (excluding diaryl/α,β-unsaturated/α-hetero) is 1. The molecule has 0 amide bonds. The number of carbonyl (C=O) groups is 1. The molecule has 1 heterocycles. The minimum atomic E-state index is 0.114.